The fourth-order valence-electron chi connectivity index (χ4n) is 3.57. The molecule has 0 bridgehead atoms. The molecule has 32 heavy (non-hydrogen) atoms. The summed E-state index contributed by atoms with van der Waals surface area (Å²) in [4.78, 5) is 14.4. The quantitative estimate of drug-likeness (QED) is 0.250. The summed E-state index contributed by atoms with van der Waals surface area (Å²) in [7, 11) is 0. The zero-order valence-electron chi connectivity index (χ0n) is 17.2. The summed E-state index contributed by atoms with van der Waals surface area (Å²) in [6.07, 6.45) is 8.74. The molecule has 0 atom stereocenters. The lowest BCUT2D eigenvalue weighted by atomic mass is 10.0. The van der Waals surface area contributed by atoms with Crippen LogP contribution in [-0.2, 0) is 12.8 Å². The number of hydrogen-bond donors (Lipinski definition) is 4. The Bertz CT molecular complexity index is 1160. The second-order valence-corrected chi connectivity index (χ2v) is 7.15. The lowest BCUT2D eigenvalue weighted by Gasteiger charge is -2.13. The van der Waals surface area contributed by atoms with E-state index in [1.54, 1.807) is 12.7 Å². The highest BCUT2D eigenvalue weighted by atomic mass is 35.5. The minimum Gasteiger partial charge on any atom is -0.368 e. The molecule has 0 amide bonds. The molecule has 8 nitrogen and oxygen atoms in total. The highest BCUT2D eigenvalue weighted by molar-refractivity contribution is 6.06. The first-order valence-electron chi connectivity index (χ1n) is 9.98. The predicted molar refractivity (Wildman–Crippen MR) is 133 cm³/mol. The minimum atomic E-state index is 0. The third kappa shape index (κ3) is 5.09. The number of benzene rings is 2. The zero-order chi connectivity index (χ0) is 20.2. The smallest absolute Gasteiger partial charge is 0.156 e. The third-order valence-electron chi connectivity index (χ3n) is 5.13. The van der Waals surface area contributed by atoms with Gasteiger partial charge in [0.1, 0.15) is 0 Å². The lowest BCUT2D eigenvalue weighted by molar-refractivity contribution is 0.936. The second kappa shape index (κ2) is 10.8. The SMILES string of the molecule is Cl.Cl.c1ccc2cc3c(NCCc4cnc[nH]4)nnc(NCCc4cnc[nH]4)c3cc2c1. The third-order valence-corrected chi connectivity index (χ3v) is 5.13. The molecule has 5 aromatic rings. The van der Waals surface area contributed by atoms with Crippen LogP contribution in [0.3, 0.4) is 0 Å². The minimum absolute atomic E-state index is 0. The first-order chi connectivity index (χ1) is 14.9. The Hall–Kier alpha value is -3.36. The molecule has 2 aromatic carbocycles. The van der Waals surface area contributed by atoms with Crippen LogP contribution < -0.4 is 10.6 Å². The lowest BCUT2D eigenvalue weighted by Crippen LogP contribution is -2.11. The van der Waals surface area contributed by atoms with Crippen molar-refractivity contribution in [1.29, 1.82) is 0 Å². The number of hydrogen-bond acceptors (Lipinski definition) is 6. The Balaban J connectivity index is 0.00000144. The van der Waals surface area contributed by atoms with Gasteiger partial charge >= 0.3 is 0 Å². The van der Waals surface area contributed by atoms with Crippen molar-refractivity contribution in [3.05, 3.63) is 72.8 Å². The molecular weight excluding hydrogens is 447 g/mol. The van der Waals surface area contributed by atoms with E-state index < -0.39 is 0 Å². The highest BCUT2D eigenvalue weighted by Crippen LogP contribution is 2.30. The van der Waals surface area contributed by atoms with Crippen LogP contribution in [0, 0.1) is 0 Å². The Kier molecular flexibility index (Phi) is 7.86. The van der Waals surface area contributed by atoms with Gasteiger partial charge in [0.25, 0.3) is 0 Å². The van der Waals surface area contributed by atoms with Crippen LogP contribution in [0.15, 0.2) is 61.4 Å². The number of halogens is 2. The Morgan fingerprint density at radius 1 is 0.688 bits per heavy atom. The molecular formula is C22H24Cl2N8. The molecule has 4 N–H and O–H groups in total. The molecule has 0 unspecified atom stereocenters. The molecule has 0 aliphatic heterocycles. The van der Waals surface area contributed by atoms with Crippen LogP contribution in [0.5, 0.6) is 0 Å². The number of imidazole rings is 2. The maximum atomic E-state index is 4.48. The van der Waals surface area contributed by atoms with Gasteiger partial charge in [0, 0.05) is 60.5 Å². The second-order valence-electron chi connectivity index (χ2n) is 7.15. The van der Waals surface area contributed by atoms with Crippen molar-refractivity contribution in [3.8, 4) is 0 Å². The molecule has 0 saturated heterocycles. The van der Waals surface area contributed by atoms with E-state index in [-0.39, 0.29) is 24.8 Å². The van der Waals surface area contributed by atoms with Crippen LogP contribution >= 0.6 is 24.8 Å². The number of rotatable bonds is 8. The number of aromatic nitrogens is 6. The summed E-state index contributed by atoms with van der Waals surface area (Å²) < 4.78 is 0. The van der Waals surface area contributed by atoms with Gasteiger partial charge in [0.05, 0.1) is 12.7 Å². The van der Waals surface area contributed by atoms with Gasteiger partial charge in [0.15, 0.2) is 11.6 Å². The van der Waals surface area contributed by atoms with Gasteiger partial charge < -0.3 is 20.6 Å². The number of anilines is 2. The maximum absolute atomic E-state index is 4.48. The van der Waals surface area contributed by atoms with Crippen LogP contribution in [-0.4, -0.2) is 43.2 Å². The van der Waals surface area contributed by atoms with Crippen molar-refractivity contribution in [2.75, 3.05) is 23.7 Å². The molecule has 0 fully saturated rings. The van der Waals surface area contributed by atoms with Crippen molar-refractivity contribution in [2.24, 2.45) is 0 Å². The van der Waals surface area contributed by atoms with E-state index in [0.29, 0.717) is 0 Å². The summed E-state index contributed by atoms with van der Waals surface area (Å²) in [5.74, 6) is 1.57. The number of aromatic amines is 2. The highest BCUT2D eigenvalue weighted by Gasteiger charge is 2.11. The molecule has 0 spiro atoms. The number of H-pyrrole nitrogens is 2. The van der Waals surface area contributed by atoms with Gasteiger partial charge in [-0.3, -0.25) is 0 Å². The van der Waals surface area contributed by atoms with Crippen molar-refractivity contribution in [2.45, 2.75) is 12.8 Å². The monoisotopic (exact) mass is 470 g/mol. The Labute approximate surface area is 197 Å². The van der Waals surface area contributed by atoms with E-state index in [2.05, 4.69) is 77.2 Å². The molecule has 0 aliphatic rings. The summed E-state index contributed by atoms with van der Waals surface area (Å²) >= 11 is 0. The summed E-state index contributed by atoms with van der Waals surface area (Å²) in [6, 6.07) is 12.7. The fourth-order valence-corrected chi connectivity index (χ4v) is 3.57. The first-order valence-corrected chi connectivity index (χ1v) is 9.98. The van der Waals surface area contributed by atoms with Crippen molar-refractivity contribution >= 4 is 58.0 Å². The van der Waals surface area contributed by atoms with Crippen LogP contribution in [0.4, 0.5) is 11.6 Å². The topological polar surface area (TPSA) is 107 Å². The summed E-state index contributed by atoms with van der Waals surface area (Å²) in [5, 5.41) is 20.3. The van der Waals surface area contributed by atoms with E-state index in [0.717, 1.165) is 59.7 Å². The number of nitrogens with one attached hydrogen (secondary N) is 4. The Morgan fingerprint density at radius 3 is 1.56 bits per heavy atom. The standard InChI is InChI=1S/C22H22N8.2ClH/c1-2-4-16-10-20-19(9-15(16)3-1)21(25-7-5-17-11-23-13-27-17)29-30-22(20)26-8-6-18-12-24-14-28-18;;/h1-4,9-14H,5-8H2,(H,23,27)(H,24,28)(H,25,29)(H,26,30);2*1H. The van der Waals surface area contributed by atoms with Crippen molar-refractivity contribution in [3.63, 3.8) is 0 Å². The molecule has 10 heteroatoms. The van der Waals surface area contributed by atoms with Gasteiger partial charge in [0.2, 0.25) is 0 Å². The fraction of sp³-hybridized carbons (Fsp3) is 0.182. The summed E-state index contributed by atoms with van der Waals surface area (Å²) in [5.41, 5.74) is 2.17. The maximum Gasteiger partial charge on any atom is 0.156 e. The van der Waals surface area contributed by atoms with Gasteiger partial charge in [-0.1, -0.05) is 24.3 Å². The average molecular weight is 471 g/mol. The van der Waals surface area contributed by atoms with Crippen LogP contribution in [0.25, 0.3) is 21.5 Å². The molecule has 5 rings (SSSR count). The average Bonchev–Trinajstić information content (AvgIpc) is 3.48. The van der Waals surface area contributed by atoms with Crippen LogP contribution in [0.1, 0.15) is 11.4 Å². The van der Waals surface area contributed by atoms with Gasteiger partial charge in [-0.2, -0.15) is 0 Å². The number of fused-ring (bicyclic) bond motifs is 2. The largest absolute Gasteiger partial charge is 0.368 e. The predicted octanol–water partition coefficient (Wildman–Crippen LogP) is 4.38. The van der Waals surface area contributed by atoms with Gasteiger partial charge in [-0.05, 0) is 22.9 Å². The molecule has 166 valence electrons. The van der Waals surface area contributed by atoms with E-state index in [4.69, 9.17) is 0 Å². The number of nitrogens with zero attached hydrogens (tertiary/aromatic N) is 4. The van der Waals surface area contributed by atoms with Crippen LogP contribution in [0.2, 0.25) is 0 Å². The normalized spacial score (nSPS) is 10.5. The van der Waals surface area contributed by atoms with E-state index in [1.165, 1.54) is 10.8 Å². The first kappa shape index (κ1) is 23.3. The van der Waals surface area contributed by atoms with Gasteiger partial charge in [-0.25, -0.2) is 9.97 Å². The molecule has 0 aliphatic carbocycles. The Morgan fingerprint density at radius 2 is 1.16 bits per heavy atom. The van der Waals surface area contributed by atoms with E-state index >= 15 is 0 Å². The molecule has 0 saturated carbocycles. The molecule has 3 aromatic heterocycles. The van der Waals surface area contributed by atoms with Crippen molar-refractivity contribution in [1.82, 2.24) is 30.1 Å². The van der Waals surface area contributed by atoms with E-state index in [1.807, 2.05) is 12.4 Å². The zero-order valence-corrected chi connectivity index (χ0v) is 18.8. The molecule has 0 radical (unpaired) electrons. The molecule has 3 heterocycles. The van der Waals surface area contributed by atoms with E-state index in [9.17, 15) is 0 Å². The van der Waals surface area contributed by atoms with Gasteiger partial charge in [-0.15, -0.1) is 35.0 Å². The van der Waals surface area contributed by atoms with Crippen molar-refractivity contribution < 1.29 is 0 Å². The summed E-state index contributed by atoms with van der Waals surface area (Å²) in [6.45, 7) is 1.48.